The van der Waals surface area contributed by atoms with Crippen LogP contribution in [0, 0.1) is 0 Å². The monoisotopic (exact) mass is 567 g/mol. The van der Waals surface area contributed by atoms with E-state index in [0.29, 0.717) is 33.7 Å². The molecule has 0 aliphatic heterocycles. The van der Waals surface area contributed by atoms with Crippen LogP contribution in [-0.4, -0.2) is 27.1 Å². The number of nitrogens with one attached hydrogen (secondary N) is 1. The first-order valence-electron chi connectivity index (χ1n) is 11.4. The van der Waals surface area contributed by atoms with E-state index >= 15 is 0 Å². The number of hydrogen-bond acceptors (Lipinski definition) is 5. The fourth-order valence-corrected chi connectivity index (χ4v) is 5.14. The van der Waals surface area contributed by atoms with Gasteiger partial charge < -0.3 is 4.74 Å². The quantitative estimate of drug-likeness (QED) is 0.190. The zero-order valence-corrected chi connectivity index (χ0v) is 22.3. The molecule has 4 aromatic carbocycles. The fraction of sp³-hybridized carbons (Fsp3) is 0.0714. The molecule has 0 aliphatic carbocycles. The Bertz CT molecular complexity index is 1510. The van der Waals surface area contributed by atoms with E-state index in [-0.39, 0.29) is 4.90 Å². The van der Waals surface area contributed by atoms with E-state index in [4.69, 9.17) is 27.9 Å². The van der Waals surface area contributed by atoms with Crippen molar-refractivity contribution in [3.8, 4) is 5.75 Å². The Hall–Kier alpha value is -3.85. The summed E-state index contributed by atoms with van der Waals surface area (Å²) in [6.07, 6.45) is 1.44. The Labute approximate surface area is 231 Å². The minimum absolute atomic E-state index is 0.0537. The molecular weight excluding hydrogens is 545 g/mol. The number of anilines is 1. The molecule has 7 nitrogen and oxygen atoms in total. The molecular formula is C28H23Cl2N3O4S. The van der Waals surface area contributed by atoms with E-state index in [9.17, 15) is 13.2 Å². The molecule has 1 N–H and O–H groups in total. The summed E-state index contributed by atoms with van der Waals surface area (Å²) in [5, 5.41) is 5.10. The van der Waals surface area contributed by atoms with Gasteiger partial charge in [0.25, 0.3) is 15.9 Å². The van der Waals surface area contributed by atoms with Crippen LogP contribution in [0.2, 0.25) is 10.0 Å². The molecule has 0 aliphatic rings. The van der Waals surface area contributed by atoms with Crippen molar-refractivity contribution in [1.82, 2.24) is 5.43 Å². The van der Waals surface area contributed by atoms with Crippen LogP contribution in [0.4, 0.5) is 5.69 Å². The highest BCUT2D eigenvalue weighted by Gasteiger charge is 2.27. The van der Waals surface area contributed by atoms with Crippen molar-refractivity contribution in [2.45, 2.75) is 11.5 Å². The Morgan fingerprint density at radius 3 is 2.13 bits per heavy atom. The van der Waals surface area contributed by atoms with Gasteiger partial charge in [-0.3, -0.25) is 9.10 Å². The summed E-state index contributed by atoms with van der Waals surface area (Å²) in [5.74, 6) is -0.0647. The van der Waals surface area contributed by atoms with E-state index in [1.165, 1.54) is 30.5 Å². The average molecular weight is 568 g/mol. The van der Waals surface area contributed by atoms with E-state index in [1.54, 1.807) is 54.6 Å². The zero-order valence-electron chi connectivity index (χ0n) is 20.0. The molecule has 194 valence electrons. The first-order valence-corrected chi connectivity index (χ1v) is 13.6. The molecule has 0 fully saturated rings. The third kappa shape index (κ3) is 7.13. The van der Waals surface area contributed by atoms with E-state index < -0.39 is 22.5 Å². The van der Waals surface area contributed by atoms with Crippen molar-refractivity contribution in [1.29, 1.82) is 0 Å². The first kappa shape index (κ1) is 27.2. The maximum atomic E-state index is 13.4. The highest BCUT2D eigenvalue weighted by molar-refractivity contribution is 7.92. The molecule has 0 bridgehead atoms. The van der Waals surface area contributed by atoms with Crippen LogP contribution in [-0.2, 0) is 21.4 Å². The lowest BCUT2D eigenvalue weighted by atomic mass is 10.2. The molecule has 4 rings (SSSR count). The normalized spacial score (nSPS) is 11.3. The van der Waals surface area contributed by atoms with Crippen molar-refractivity contribution in [2.24, 2.45) is 5.10 Å². The molecule has 0 aromatic heterocycles. The van der Waals surface area contributed by atoms with Gasteiger partial charge in [0.15, 0.2) is 0 Å². The highest BCUT2D eigenvalue weighted by Crippen LogP contribution is 2.25. The lowest BCUT2D eigenvalue weighted by Crippen LogP contribution is -2.39. The Morgan fingerprint density at radius 1 is 0.842 bits per heavy atom. The van der Waals surface area contributed by atoms with Gasteiger partial charge in [-0.25, -0.2) is 13.8 Å². The number of rotatable bonds is 10. The lowest BCUT2D eigenvalue weighted by Gasteiger charge is -2.23. The number of para-hydroxylation sites is 1. The zero-order chi connectivity index (χ0) is 27.0. The minimum Gasteiger partial charge on any atom is -0.488 e. The van der Waals surface area contributed by atoms with Crippen LogP contribution >= 0.6 is 23.2 Å². The van der Waals surface area contributed by atoms with Gasteiger partial charge in [-0.1, -0.05) is 65.7 Å². The maximum Gasteiger partial charge on any atom is 0.264 e. The van der Waals surface area contributed by atoms with Crippen molar-refractivity contribution in [3.05, 3.63) is 124 Å². The van der Waals surface area contributed by atoms with Gasteiger partial charge in [-0.2, -0.15) is 5.10 Å². The van der Waals surface area contributed by atoms with Gasteiger partial charge in [-0.05, 0) is 66.2 Å². The predicted molar refractivity (Wildman–Crippen MR) is 150 cm³/mol. The first-order chi connectivity index (χ1) is 18.3. The summed E-state index contributed by atoms with van der Waals surface area (Å²) < 4.78 is 33.6. The molecule has 4 aromatic rings. The summed E-state index contributed by atoms with van der Waals surface area (Å²) in [7, 11) is -4.03. The summed E-state index contributed by atoms with van der Waals surface area (Å²) in [6.45, 7) is -0.174. The summed E-state index contributed by atoms with van der Waals surface area (Å²) in [6, 6.07) is 28.6. The molecule has 0 heterocycles. The van der Waals surface area contributed by atoms with Crippen LogP contribution in [0.3, 0.4) is 0 Å². The molecule has 0 unspecified atom stereocenters. The fourth-order valence-electron chi connectivity index (χ4n) is 3.44. The summed E-state index contributed by atoms with van der Waals surface area (Å²) in [4.78, 5) is 12.8. The number of benzene rings is 4. The molecule has 1 amide bonds. The SMILES string of the molecule is O=C(CN(c1ccc(Cl)cc1)S(=O)(=O)c1ccccc1)NN=Cc1ccccc1OCc1ccc(Cl)cc1. The minimum atomic E-state index is -4.03. The third-order valence-electron chi connectivity index (χ3n) is 5.35. The third-order valence-corrected chi connectivity index (χ3v) is 7.64. The van der Waals surface area contributed by atoms with E-state index in [1.807, 2.05) is 24.3 Å². The molecule has 10 heteroatoms. The van der Waals surface area contributed by atoms with Crippen LogP contribution in [0.5, 0.6) is 5.75 Å². The Kier molecular flexibility index (Phi) is 9.02. The van der Waals surface area contributed by atoms with E-state index in [0.717, 1.165) is 9.87 Å². The average Bonchev–Trinajstić information content (AvgIpc) is 2.93. The van der Waals surface area contributed by atoms with Crippen LogP contribution in [0.15, 0.2) is 113 Å². The lowest BCUT2D eigenvalue weighted by molar-refractivity contribution is -0.119. The predicted octanol–water partition coefficient (Wildman–Crippen LogP) is 5.92. The molecule has 0 radical (unpaired) electrons. The van der Waals surface area contributed by atoms with Crippen LogP contribution < -0.4 is 14.5 Å². The smallest absolute Gasteiger partial charge is 0.264 e. The standard InChI is InChI=1S/C28H23Cl2N3O4S/c29-23-12-10-21(11-13-23)20-37-27-9-5-4-6-22(27)18-31-32-28(34)19-33(25-16-14-24(30)15-17-25)38(35,36)26-7-2-1-3-8-26/h1-18H,19-20H2,(H,32,34). The Morgan fingerprint density at radius 2 is 1.45 bits per heavy atom. The summed E-state index contributed by atoms with van der Waals surface area (Å²) in [5.41, 5.74) is 4.27. The molecule has 0 spiro atoms. The van der Waals surface area contributed by atoms with Gasteiger partial charge >= 0.3 is 0 Å². The van der Waals surface area contributed by atoms with Gasteiger partial charge in [0.05, 0.1) is 16.8 Å². The molecule has 0 saturated carbocycles. The van der Waals surface area contributed by atoms with Crippen molar-refractivity contribution >= 4 is 51.0 Å². The number of nitrogens with zero attached hydrogens (tertiary/aromatic N) is 2. The van der Waals surface area contributed by atoms with Crippen LogP contribution in [0.25, 0.3) is 0 Å². The number of hydrazone groups is 1. The number of carbonyl (C=O) groups excluding carboxylic acids is 1. The van der Waals surface area contributed by atoms with Crippen molar-refractivity contribution in [2.75, 3.05) is 10.8 Å². The second-order valence-corrected chi connectivity index (χ2v) is 10.8. The number of carbonyl (C=O) groups is 1. The van der Waals surface area contributed by atoms with Gasteiger partial charge in [0, 0.05) is 15.6 Å². The molecule has 38 heavy (non-hydrogen) atoms. The van der Waals surface area contributed by atoms with E-state index in [2.05, 4.69) is 10.5 Å². The largest absolute Gasteiger partial charge is 0.488 e. The van der Waals surface area contributed by atoms with Gasteiger partial charge in [-0.15, -0.1) is 0 Å². The molecule has 0 saturated heterocycles. The highest BCUT2D eigenvalue weighted by atomic mass is 35.5. The van der Waals surface area contributed by atoms with Crippen molar-refractivity contribution < 1.29 is 17.9 Å². The number of hydrogen-bond donors (Lipinski definition) is 1. The summed E-state index contributed by atoms with van der Waals surface area (Å²) >= 11 is 11.9. The van der Waals surface area contributed by atoms with Crippen LogP contribution in [0.1, 0.15) is 11.1 Å². The number of ether oxygens (including phenoxy) is 1. The second-order valence-electron chi connectivity index (χ2n) is 8.05. The topological polar surface area (TPSA) is 88.1 Å². The number of amides is 1. The Balaban J connectivity index is 1.46. The number of sulfonamides is 1. The van der Waals surface area contributed by atoms with Crippen molar-refractivity contribution in [3.63, 3.8) is 0 Å². The van der Waals surface area contributed by atoms with Gasteiger partial charge in [0.2, 0.25) is 0 Å². The maximum absolute atomic E-state index is 13.4. The molecule has 0 atom stereocenters. The van der Waals surface area contributed by atoms with Gasteiger partial charge in [0.1, 0.15) is 18.9 Å². The number of halogens is 2. The second kappa shape index (κ2) is 12.6.